The summed E-state index contributed by atoms with van der Waals surface area (Å²) < 4.78 is 12.2. The summed E-state index contributed by atoms with van der Waals surface area (Å²) in [6, 6.07) is 9.61. The highest BCUT2D eigenvalue weighted by Gasteiger charge is 2.08. The van der Waals surface area contributed by atoms with Crippen LogP contribution < -0.4 is 10.4 Å². The predicted octanol–water partition coefficient (Wildman–Crippen LogP) is 4.81. The minimum atomic E-state index is -0.292. The lowest BCUT2D eigenvalue weighted by Crippen LogP contribution is -2.05. The normalized spacial score (nSPS) is 11.0. The van der Waals surface area contributed by atoms with E-state index in [4.69, 9.17) is 9.15 Å². The molecular formula is C16H13BrO3S. The van der Waals surface area contributed by atoms with E-state index in [9.17, 15) is 4.79 Å². The van der Waals surface area contributed by atoms with Crippen molar-refractivity contribution >= 4 is 38.2 Å². The molecule has 2 heterocycles. The van der Waals surface area contributed by atoms with Gasteiger partial charge in [-0.2, -0.15) is 0 Å². The first-order chi connectivity index (χ1) is 10.0. The Morgan fingerprint density at radius 1 is 1.19 bits per heavy atom. The van der Waals surface area contributed by atoms with Crippen molar-refractivity contribution in [2.24, 2.45) is 0 Å². The molecular weight excluding hydrogens is 352 g/mol. The number of hydrogen-bond acceptors (Lipinski definition) is 4. The Hall–Kier alpha value is -1.59. The second-order valence-corrected chi connectivity index (χ2v) is 7.34. The summed E-state index contributed by atoms with van der Waals surface area (Å²) in [5.74, 6) is 0.693. The summed E-state index contributed by atoms with van der Waals surface area (Å²) in [4.78, 5) is 12.9. The molecule has 0 saturated carbocycles. The highest BCUT2D eigenvalue weighted by molar-refractivity contribution is 9.11. The standard InChI is InChI=1S/C16H13BrO3S/c1-9-10(2)16(18)20-14-7-11(3-5-13(9)14)19-8-12-4-6-15(17)21-12/h3-7H,8H2,1-2H3. The van der Waals surface area contributed by atoms with Crippen LogP contribution in [0.2, 0.25) is 0 Å². The van der Waals surface area contributed by atoms with Crippen LogP contribution >= 0.6 is 27.3 Å². The van der Waals surface area contributed by atoms with Crippen LogP contribution in [-0.2, 0) is 6.61 Å². The Morgan fingerprint density at radius 3 is 2.71 bits per heavy atom. The Bertz CT molecular complexity index is 864. The predicted molar refractivity (Wildman–Crippen MR) is 88.3 cm³/mol. The molecule has 3 nitrogen and oxygen atoms in total. The van der Waals surface area contributed by atoms with Gasteiger partial charge in [-0.3, -0.25) is 0 Å². The first-order valence-electron chi connectivity index (χ1n) is 6.45. The van der Waals surface area contributed by atoms with Gasteiger partial charge in [0.1, 0.15) is 17.9 Å². The fraction of sp³-hybridized carbons (Fsp3) is 0.188. The third-order valence-electron chi connectivity index (χ3n) is 3.44. The maximum absolute atomic E-state index is 11.7. The van der Waals surface area contributed by atoms with E-state index in [0.717, 1.165) is 19.6 Å². The summed E-state index contributed by atoms with van der Waals surface area (Å²) in [6.45, 7) is 4.20. The van der Waals surface area contributed by atoms with Crippen LogP contribution in [0.15, 0.2) is 43.3 Å². The zero-order valence-electron chi connectivity index (χ0n) is 11.6. The lowest BCUT2D eigenvalue weighted by atomic mass is 10.1. The maximum Gasteiger partial charge on any atom is 0.339 e. The zero-order valence-corrected chi connectivity index (χ0v) is 14.0. The molecule has 1 aromatic carbocycles. The largest absolute Gasteiger partial charge is 0.488 e. The fourth-order valence-corrected chi connectivity index (χ4v) is 3.50. The molecule has 0 aliphatic rings. The van der Waals surface area contributed by atoms with Gasteiger partial charge >= 0.3 is 5.63 Å². The number of benzene rings is 1. The summed E-state index contributed by atoms with van der Waals surface area (Å²) >= 11 is 5.06. The molecule has 21 heavy (non-hydrogen) atoms. The lowest BCUT2D eigenvalue weighted by Gasteiger charge is -2.07. The van der Waals surface area contributed by atoms with E-state index in [-0.39, 0.29) is 5.63 Å². The van der Waals surface area contributed by atoms with Gasteiger partial charge in [-0.05, 0) is 59.6 Å². The van der Waals surface area contributed by atoms with Crippen LogP contribution in [0.4, 0.5) is 0 Å². The van der Waals surface area contributed by atoms with Crippen molar-refractivity contribution < 1.29 is 9.15 Å². The molecule has 3 rings (SSSR count). The monoisotopic (exact) mass is 364 g/mol. The number of aryl methyl sites for hydroxylation is 1. The Morgan fingerprint density at radius 2 is 2.00 bits per heavy atom. The molecule has 0 bridgehead atoms. The van der Waals surface area contributed by atoms with Gasteiger partial charge < -0.3 is 9.15 Å². The molecule has 0 saturated heterocycles. The van der Waals surface area contributed by atoms with E-state index in [1.807, 2.05) is 31.2 Å². The number of thiophene rings is 1. The van der Waals surface area contributed by atoms with Gasteiger partial charge in [0.05, 0.1) is 3.79 Å². The summed E-state index contributed by atoms with van der Waals surface area (Å²) in [5.41, 5.74) is 1.88. The van der Waals surface area contributed by atoms with E-state index in [0.29, 0.717) is 23.5 Å². The molecule has 0 N–H and O–H groups in total. The Balaban J connectivity index is 1.90. The van der Waals surface area contributed by atoms with Crippen LogP contribution in [0.5, 0.6) is 5.75 Å². The third kappa shape index (κ3) is 2.89. The topological polar surface area (TPSA) is 39.4 Å². The lowest BCUT2D eigenvalue weighted by molar-refractivity contribution is 0.309. The van der Waals surface area contributed by atoms with Gasteiger partial charge in [0, 0.05) is 21.9 Å². The fourth-order valence-electron chi connectivity index (χ4n) is 2.10. The first-order valence-corrected chi connectivity index (χ1v) is 8.06. The SMILES string of the molecule is Cc1c(C)c2ccc(OCc3ccc(Br)s3)cc2oc1=O. The van der Waals surface area contributed by atoms with Gasteiger partial charge in [-0.25, -0.2) is 4.79 Å². The minimum absolute atomic E-state index is 0.292. The molecule has 0 unspecified atom stereocenters. The van der Waals surface area contributed by atoms with Crippen molar-refractivity contribution in [1.82, 2.24) is 0 Å². The molecule has 0 fully saturated rings. The molecule has 0 aliphatic carbocycles. The van der Waals surface area contributed by atoms with E-state index in [2.05, 4.69) is 15.9 Å². The van der Waals surface area contributed by atoms with Gasteiger partial charge in [-0.1, -0.05) is 0 Å². The van der Waals surface area contributed by atoms with Crippen molar-refractivity contribution in [1.29, 1.82) is 0 Å². The average molecular weight is 365 g/mol. The summed E-state index contributed by atoms with van der Waals surface area (Å²) in [5, 5.41) is 0.943. The highest BCUT2D eigenvalue weighted by Crippen LogP contribution is 2.26. The van der Waals surface area contributed by atoms with Crippen molar-refractivity contribution in [3.05, 3.63) is 60.5 Å². The third-order valence-corrected chi connectivity index (χ3v) is 5.04. The van der Waals surface area contributed by atoms with E-state index >= 15 is 0 Å². The van der Waals surface area contributed by atoms with E-state index in [1.54, 1.807) is 24.3 Å². The molecule has 0 aliphatic heterocycles. The molecule has 108 valence electrons. The molecule has 0 radical (unpaired) electrons. The average Bonchev–Trinajstić information content (AvgIpc) is 2.88. The number of fused-ring (bicyclic) bond motifs is 1. The number of hydrogen-bond donors (Lipinski definition) is 0. The summed E-state index contributed by atoms with van der Waals surface area (Å²) in [7, 11) is 0. The Labute approximate surface area is 134 Å². The van der Waals surface area contributed by atoms with Crippen molar-refractivity contribution in [2.75, 3.05) is 0 Å². The van der Waals surface area contributed by atoms with Crippen molar-refractivity contribution in [3.8, 4) is 5.75 Å². The zero-order chi connectivity index (χ0) is 15.0. The van der Waals surface area contributed by atoms with Crippen molar-refractivity contribution in [3.63, 3.8) is 0 Å². The smallest absolute Gasteiger partial charge is 0.339 e. The van der Waals surface area contributed by atoms with Gasteiger partial charge in [0.2, 0.25) is 0 Å². The first kappa shape index (κ1) is 14.4. The van der Waals surface area contributed by atoms with Crippen LogP contribution in [-0.4, -0.2) is 0 Å². The van der Waals surface area contributed by atoms with E-state index in [1.165, 1.54) is 0 Å². The van der Waals surface area contributed by atoms with Gasteiger partial charge in [0.15, 0.2) is 0 Å². The second-order valence-electron chi connectivity index (χ2n) is 4.79. The molecule has 2 aromatic heterocycles. The molecule has 0 amide bonds. The quantitative estimate of drug-likeness (QED) is 0.625. The number of ether oxygens (including phenoxy) is 1. The van der Waals surface area contributed by atoms with E-state index < -0.39 is 0 Å². The molecule has 0 spiro atoms. The number of rotatable bonds is 3. The van der Waals surface area contributed by atoms with Crippen LogP contribution in [0.3, 0.4) is 0 Å². The Kier molecular flexibility index (Phi) is 3.87. The van der Waals surface area contributed by atoms with Crippen LogP contribution in [0.25, 0.3) is 11.0 Å². The maximum atomic E-state index is 11.7. The molecule has 3 aromatic rings. The van der Waals surface area contributed by atoms with Gasteiger partial charge in [-0.15, -0.1) is 11.3 Å². The molecule has 5 heteroatoms. The minimum Gasteiger partial charge on any atom is -0.488 e. The van der Waals surface area contributed by atoms with Gasteiger partial charge in [0.25, 0.3) is 0 Å². The summed E-state index contributed by atoms with van der Waals surface area (Å²) in [6.07, 6.45) is 0. The number of halogens is 1. The van der Waals surface area contributed by atoms with Crippen molar-refractivity contribution in [2.45, 2.75) is 20.5 Å². The van der Waals surface area contributed by atoms with Crippen LogP contribution in [0.1, 0.15) is 16.0 Å². The molecule has 0 atom stereocenters. The second kappa shape index (κ2) is 5.66. The van der Waals surface area contributed by atoms with Crippen LogP contribution in [0, 0.1) is 13.8 Å². The highest BCUT2D eigenvalue weighted by atomic mass is 79.9.